The Morgan fingerprint density at radius 2 is 2.23 bits per heavy atom. The first-order valence-corrected chi connectivity index (χ1v) is 4.24. The molecule has 0 radical (unpaired) electrons. The van der Waals surface area contributed by atoms with Gasteiger partial charge in [-0.2, -0.15) is 0 Å². The molecule has 0 fully saturated rings. The minimum atomic E-state index is -1.14. The number of nitrogens with zero attached hydrogens (tertiary/aromatic N) is 2. The summed E-state index contributed by atoms with van der Waals surface area (Å²) in [5.41, 5.74) is -0.745. The average molecular weight is 182 g/mol. The summed E-state index contributed by atoms with van der Waals surface area (Å²) in [4.78, 5) is 7.74. The maximum Gasteiger partial charge on any atom is 0.126 e. The minimum Gasteiger partial charge on any atom is -0.387 e. The van der Waals surface area contributed by atoms with Gasteiger partial charge in [-0.15, -0.1) is 0 Å². The molecule has 1 aromatic heterocycles. The van der Waals surface area contributed by atoms with Crippen LogP contribution < -0.4 is 0 Å². The van der Waals surface area contributed by atoms with E-state index >= 15 is 0 Å². The van der Waals surface area contributed by atoms with E-state index in [0.717, 1.165) is 0 Å². The standard InChI is InChI=1S/C9H14N2O2/c1-3-9(2,13)8(12)7-6-10-4-5-11-7/h4-6,8,12-13H,3H2,1-2H3. The average Bonchev–Trinajstić information content (AvgIpc) is 2.18. The second-order valence-electron chi connectivity index (χ2n) is 3.24. The zero-order valence-electron chi connectivity index (χ0n) is 7.81. The van der Waals surface area contributed by atoms with Crippen molar-refractivity contribution in [1.29, 1.82) is 0 Å². The van der Waals surface area contributed by atoms with Crippen LogP contribution in [0.5, 0.6) is 0 Å². The summed E-state index contributed by atoms with van der Waals surface area (Å²) in [5.74, 6) is 0. The number of aliphatic hydroxyl groups excluding tert-OH is 1. The van der Waals surface area contributed by atoms with Crippen LogP contribution in [0.4, 0.5) is 0 Å². The van der Waals surface area contributed by atoms with Gasteiger partial charge in [0.05, 0.1) is 17.5 Å². The summed E-state index contributed by atoms with van der Waals surface area (Å²) in [6, 6.07) is 0. The van der Waals surface area contributed by atoms with Crippen molar-refractivity contribution in [3.63, 3.8) is 0 Å². The summed E-state index contributed by atoms with van der Waals surface area (Å²) < 4.78 is 0. The zero-order chi connectivity index (χ0) is 9.90. The van der Waals surface area contributed by atoms with Crippen molar-refractivity contribution >= 4 is 0 Å². The lowest BCUT2D eigenvalue weighted by atomic mass is 9.94. The maximum absolute atomic E-state index is 9.73. The molecule has 2 N–H and O–H groups in total. The van der Waals surface area contributed by atoms with Crippen molar-refractivity contribution in [1.82, 2.24) is 9.97 Å². The fourth-order valence-electron chi connectivity index (χ4n) is 0.964. The molecule has 0 aliphatic heterocycles. The molecule has 0 aliphatic rings. The Balaban J connectivity index is 2.85. The molecule has 1 aromatic rings. The van der Waals surface area contributed by atoms with Gasteiger partial charge in [0.25, 0.3) is 0 Å². The van der Waals surface area contributed by atoms with Crippen molar-refractivity contribution in [2.24, 2.45) is 0 Å². The quantitative estimate of drug-likeness (QED) is 0.721. The molecule has 2 unspecified atom stereocenters. The van der Waals surface area contributed by atoms with Gasteiger partial charge in [0, 0.05) is 12.4 Å². The number of aromatic nitrogens is 2. The van der Waals surface area contributed by atoms with E-state index in [-0.39, 0.29) is 0 Å². The lowest BCUT2D eigenvalue weighted by Crippen LogP contribution is -2.32. The van der Waals surface area contributed by atoms with Crippen LogP contribution in [0.3, 0.4) is 0 Å². The topological polar surface area (TPSA) is 66.2 Å². The van der Waals surface area contributed by atoms with Gasteiger partial charge in [0.1, 0.15) is 6.10 Å². The molecule has 4 heteroatoms. The number of rotatable bonds is 3. The van der Waals surface area contributed by atoms with Gasteiger partial charge < -0.3 is 10.2 Å². The Hall–Kier alpha value is -1.00. The first kappa shape index (κ1) is 10.1. The number of hydrogen-bond donors (Lipinski definition) is 2. The van der Waals surface area contributed by atoms with Crippen molar-refractivity contribution in [3.8, 4) is 0 Å². The summed E-state index contributed by atoms with van der Waals surface area (Å²) in [7, 11) is 0. The molecule has 0 saturated carbocycles. The third kappa shape index (κ3) is 2.23. The van der Waals surface area contributed by atoms with Gasteiger partial charge in [0.2, 0.25) is 0 Å². The molecule has 0 spiro atoms. The third-order valence-electron chi connectivity index (χ3n) is 2.17. The predicted octanol–water partition coefficient (Wildman–Crippen LogP) is 0.671. The molecule has 0 amide bonds. The molecular weight excluding hydrogens is 168 g/mol. The third-order valence-corrected chi connectivity index (χ3v) is 2.17. The van der Waals surface area contributed by atoms with Crippen molar-refractivity contribution in [2.45, 2.75) is 32.0 Å². The maximum atomic E-state index is 9.73. The normalized spacial score (nSPS) is 17.8. The Morgan fingerprint density at radius 3 is 2.69 bits per heavy atom. The summed E-state index contributed by atoms with van der Waals surface area (Å²) in [6.45, 7) is 3.38. The Morgan fingerprint density at radius 1 is 1.54 bits per heavy atom. The van der Waals surface area contributed by atoms with Crippen molar-refractivity contribution < 1.29 is 10.2 Å². The van der Waals surface area contributed by atoms with E-state index in [1.807, 2.05) is 0 Å². The lowest BCUT2D eigenvalue weighted by molar-refractivity contribution is -0.0679. The highest BCUT2D eigenvalue weighted by molar-refractivity contribution is 5.04. The van der Waals surface area contributed by atoms with E-state index in [0.29, 0.717) is 12.1 Å². The largest absolute Gasteiger partial charge is 0.387 e. The van der Waals surface area contributed by atoms with Crippen LogP contribution in [-0.2, 0) is 0 Å². The molecular formula is C9H14N2O2. The van der Waals surface area contributed by atoms with E-state index in [4.69, 9.17) is 0 Å². The molecule has 2 atom stereocenters. The molecule has 0 aliphatic carbocycles. The van der Waals surface area contributed by atoms with Gasteiger partial charge in [0.15, 0.2) is 0 Å². The van der Waals surface area contributed by atoms with Gasteiger partial charge in [-0.05, 0) is 13.3 Å². The lowest BCUT2D eigenvalue weighted by Gasteiger charge is -2.26. The van der Waals surface area contributed by atoms with Gasteiger partial charge in [-0.3, -0.25) is 9.97 Å². The van der Waals surface area contributed by atoms with Crippen LogP contribution in [0.1, 0.15) is 32.1 Å². The van der Waals surface area contributed by atoms with E-state index in [1.54, 1.807) is 13.8 Å². The van der Waals surface area contributed by atoms with Gasteiger partial charge in [-0.1, -0.05) is 6.92 Å². The SMILES string of the molecule is CCC(C)(O)C(O)c1cnccn1. The predicted molar refractivity (Wildman–Crippen MR) is 47.9 cm³/mol. The van der Waals surface area contributed by atoms with Gasteiger partial charge >= 0.3 is 0 Å². The summed E-state index contributed by atoms with van der Waals surface area (Å²) in [6.07, 6.45) is 3.95. The van der Waals surface area contributed by atoms with E-state index in [1.165, 1.54) is 18.6 Å². The second-order valence-corrected chi connectivity index (χ2v) is 3.24. The fourth-order valence-corrected chi connectivity index (χ4v) is 0.964. The molecule has 4 nitrogen and oxygen atoms in total. The van der Waals surface area contributed by atoms with Crippen LogP contribution in [0.2, 0.25) is 0 Å². The van der Waals surface area contributed by atoms with Crippen molar-refractivity contribution in [3.05, 3.63) is 24.3 Å². The molecule has 1 heterocycles. The van der Waals surface area contributed by atoms with E-state index in [2.05, 4.69) is 9.97 Å². The molecule has 0 bridgehead atoms. The van der Waals surface area contributed by atoms with Crippen LogP contribution in [0.25, 0.3) is 0 Å². The fraction of sp³-hybridized carbons (Fsp3) is 0.556. The number of hydrogen-bond acceptors (Lipinski definition) is 4. The molecule has 0 aromatic carbocycles. The van der Waals surface area contributed by atoms with Gasteiger partial charge in [-0.25, -0.2) is 0 Å². The van der Waals surface area contributed by atoms with Crippen LogP contribution >= 0.6 is 0 Å². The zero-order valence-corrected chi connectivity index (χ0v) is 7.81. The Labute approximate surface area is 77.3 Å². The monoisotopic (exact) mass is 182 g/mol. The molecule has 72 valence electrons. The van der Waals surface area contributed by atoms with Crippen LogP contribution in [0, 0.1) is 0 Å². The first-order chi connectivity index (χ1) is 6.08. The smallest absolute Gasteiger partial charge is 0.126 e. The highest BCUT2D eigenvalue weighted by Gasteiger charge is 2.30. The second kappa shape index (κ2) is 3.81. The first-order valence-electron chi connectivity index (χ1n) is 4.24. The van der Waals surface area contributed by atoms with E-state index < -0.39 is 11.7 Å². The molecule has 13 heavy (non-hydrogen) atoms. The summed E-state index contributed by atoms with van der Waals surface area (Å²) >= 11 is 0. The van der Waals surface area contributed by atoms with Crippen LogP contribution in [-0.4, -0.2) is 25.8 Å². The molecule has 1 rings (SSSR count). The highest BCUT2D eigenvalue weighted by Crippen LogP contribution is 2.25. The molecule has 0 saturated heterocycles. The Kier molecular flexibility index (Phi) is 2.95. The Bertz CT molecular complexity index is 262. The van der Waals surface area contributed by atoms with Crippen LogP contribution in [0.15, 0.2) is 18.6 Å². The highest BCUT2D eigenvalue weighted by atomic mass is 16.3. The minimum absolute atomic E-state index is 0.398. The van der Waals surface area contributed by atoms with E-state index in [9.17, 15) is 10.2 Å². The summed E-state index contributed by atoms with van der Waals surface area (Å²) in [5, 5.41) is 19.4. The number of aliphatic hydroxyl groups is 2. The van der Waals surface area contributed by atoms with Crippen molar-refractivity contribution in [2.75, 3.05) is 0 Å².